The highest BCUT2D eigenvalue weighted by Gasteiger charge is 2.19. The average Bonchev–Trinajstić information content (AvgIpc) is 2.27. The Hall–Kier alpha value is -1.28. The van der Waals surface area contributed by atoms with Crippen LogP contribution in [0.2, 0.25) is 19.6 Å². The van der Waals surface area contributed by atoms with Crippen molar-refractivity contribution in [3.8, 4) is 5.75 Å². The van der Waals surface area contributed by atoms with E-state index in [0.29, 0.717) is 0 Å². The van der Waals surface area contributed by atoms with E-state index in [1.807, 2.05) is 12.1 Å². The lowest BCUT2D eigenvalue weighted by atomic mass is 10.1. The van der Waals surface area contributed by atoms with Gasteiger partial charge >= 0.3 is 0 Å². The molecule has 0 heterocycles. The van der Waals surface area contributed by atoms with Crippen LogP contribution >= 0.6 is 0 Å². The molecule has 0 saturated carbocycles. The van der Waals surface area contributed by atoms with E-state index < -0.39 is 8.07 Å². The van der Waals surface area contributed by atoms with E-state index >= 15 is 0 Å². The number of hydrogen-bond donors (Lipinski definition) is 0. The van der Waals surface area contributed by atoms with Gasteiger partial charge in [-0.1, -0.05) is 55.7 Å². The third-order valence-electron chi connectivity index (χ3n) is 2.91. The van der Waals surface area contributed by atoms with E-state index in [2.05, 4.69) is 44.9 Å². The molecule has 0 amide bonds. The highest BCUT2D eigenvalue weighted by Crippen LogP contribution is 2.23. The van der Waals surface area contributed by atoms with Gasteiger partial charge in [0.15, 0.2) is 0 Å². The fourth-order valence-electron chi connectivity index (χ4n) is 1.63. The maximum atomic E-state index is 5.14. The molecule has 0 fully saturated rings. The molecule has 1 rings (SSSR count). The third-order valence-corrected chi connectivity index (χ3v) is 5.07. The standard InChI is InChI=1S/C15H22OSi/c1-12(13(2)17(4,5)6)11-14-7-9-15(16-3)10-8-14/h7-10H,1-2,11H2,3-6H3. The van der Waals surface area contributed by atoms with E-state index in [-0.39, 0.29) is 0 Å². The van der Waals surface area contributed by atoms with E-state index in [4.69, 9.17) is 4.74 Å². The molecule has 0 saturated heterocycles. The normalized spacial score (nSPS) is 11.1. The predicted octanol–water partition coefficient (Wildman–Crippen LogP) is 4.23. The Kier molecular flexibility index (Phi) is 4.35. The smallest absolute Gasteiger partial charge is 0.118 e. The first-order valence-corrected chi connectivity index (χ1v) is 9.35. The maximum Gasteiger partial charge on any atom is 0.118 e. The molecule has 0 aliphatic heterocycles. The van der Waals surface area contributed by atoms with Crippen LogP contribution in [0, 0.1) is 0 Å². The lowest BCUT2D eigenvalue weighted by molar-refractivity contribution is 0.414. The molecule has 0 atom stereocenters. The van der Waals surface area contributed by atoms with Gasteiger partial charge in [0.2, 0.25) is 0 Å². The van der Waals surface area contributed by atoms with Crippen LogP contribution in [0.15, 0.2) is 48.2 Å². The topological polar surface area (TPSA) is 9.23 Å². The molecule has 0 radical (unpaired) electrons. The van der Waals surface area contributed by atoms with Gasteiger partial charge in [-0.25, -0.2) is 0 Å². The van der Waals surface area contributed by atoms with Gasteiger partial charge in [-0.3, -0.25) is 0 Å². The Balaban J connectivity index is 2.71. The Morgan fingerprint density at radius 3 is 2.06 bits per heavy atom. The van der Waals surface area contributed by atoms with E-state index in [0.717, 1.165) is 17.7 Å². The molecule has 0 unspecified atom stereocenters. The molecule has 1 nitrogen and oxygen atoms in total. The summed E-state index contributed by atoms with van der Waals surface area (Å²) in [7, 11) is 0.368. The molecular formula is C15H22OSi. The molecule has 0 aromatic heterocycles. The summed E-state index contributed by atoms with van der Waals surface area (Å²) in [6.45, 7) is 15.3. The Morgan fingerprint density at radius 1 is 1.12 bits per heavy atom. The van der Waals surface area contributed by atoms with E-state index in [1.165, 1.54) is 10.8 Å². The first-order valence-electron chi connectivity index (χ1n) is 5.85. The minimum Gasteiger partial charge on any atom is -0.497 e. The molecule has 2 heteroatoms. The molecule has 92 valence electrons. The van der Waals surface area contributed by atoms with Crippen molar-refractivity contribution in [2.45, 2.75) is 26.1 Å². The predicted molar refractivity (Wildman–Crippen MR) is 78.3 cm³/mol. The highest BCUT2D eigenvalue weighted by molar-refractivity contribution is 6.83. The van der Waals surface area contributed by atoms with Gasteiger partial charge in [-0.15, -0.1) is 0 Å². The zero-order valence-electron chi connectivity index (χ0n) is 11.3. The number of allylic oxidation sites excluding steroid dienone is 2. The van der Waals surface area contributed by atoms with Crippen LogP contribution < -0.4 is 4.74 Å². The first kappa shape index (κ1) is 13.8. The summed E-state index contributed by atoms with van der Waals surface area (Å²) in [5, 5.41) is 1.26. The van der Waals surface area contributed by atoms with Crippen molar-refractivity contribution in [1.29, 1.82) is 0 Å². The summed E-state index contributed by atoms with van der Waals surface area (Å²) in [6.07, 6.45) is 0.882. The van der Waals surface area contributed by atoms with Crippen LogP contribution in [0.5, 0.6) is 5.75 Å². The van der Waals surface area contributed by atoms with Crippen LogP contribution in [-0.4, -0.2) is 15.2 Å². The van der Waals surface area contributed by atoms with Crippen LogP contribution in [0.25, 0.3) is 0 Å². The summed E-state index contributed by atoms with van der Waals surface area (Å²) in [4.78, 5) is 0. The Bertz CT molecular complexity index is 410. The largest absolute Gasteiger partial charge is 0.497 e. The second kappa shape index (κ2) is 5.37. The third kappa shape index (κ3) is 3.90. The number of ether oxygens (including phenoxy) is 1. The van der Waals surface area contributed by atoms with E-state index in [1.54, 1.807) is 7.11 Å². The second-order valence-corrected chi connectivity index (χ2v) is 10.5. The van der Waals surface area contributed by atoms with Crippen molar-refractivity contribution < 1.29 is 4.74 Å². The molecule has 0 bridgehead atoms. The molecular weight excluding hydrogens is 224 g/mol. The summed E-state index contributed by atoms with van der Waals surface area (Å²) in [6, 6.07) is 8.14. The number of benzene rings is 1. The molecule has 17 heavy (non-hydrogen) atoms. The van der Waals surface area contributed by atoms with Crippen LogP contribution in [-0.2, 0) is 6.42 Å². The second-order valence-electron chi connectivity index (χ2n) is 5.36. The number of rotatable bonds is 5. The zero-order valence-corrected chi connectivity index (χ0v) is 12.3. The number of hydrogen-bond acceptors (Lipinski definition) is 1. The monoisotopic (exact) mass is 246 g/mol. The SMILES string of the molecule is C=C(Cc1ccc(OC)cc1)C(=C)[Si](C)(C)C. The minimum absolute atomic E-state index is 0.882. The van der Waals surface area contributed by atoms with Crippen molar-refractivity contribution in [3.05, 3.63) is 53.8 Å². The van der Waals surface area contributed by atoms with Crippen LogP contribution in [0.3, 0.4) is 0 Å². The van der Waals surface area contributed by atoms with Gasteiger partial charge in [-0.05, 0) is 24.1 Å². The Morgan fingerprint density at radius 2 is 1.65 bits per heavy atom. The van der Waals surface area contributed by atoms with Crippen molar-refractivity contribution in [1.82, 2.24) is 0 Å². The van der Waals surface area contributed by atoms with Crippen LogP contribution in [0.1, 0.15) is 5.56 Å². The maximum absolute atomic E-state index is 5.14. The quantitative estimate of drug-likeness (QED) is 0.558. The average molecular weight is 246 g/mol. The van der Waals surface area contributed by atoms with Gasteiger partial charge in [-0.2, -0.15) is 0 Å². The van der Waals surface area contributed by atoms with E-state index in [9.17, 15) is 0 Å². The Labute approximate surface area is 106 Å². The highest BCUT2D eigenvalue weighted by atomic mass is 28.3. The molecule has 0 spiro atoms. The van der Waals surface area contributed by atoms with Crippen LogP contribution in [0.4, 0.5) is 0 Å². The first-order chi connectivity index (χ1) is 7.84. The molecule has 1 aromatic carbocycles. The van der Waals surface area contributed by atoms with Crippen molar-refractivity contribution >= 4 is 8.07 Å². The molecule has 0 N–H and O–H groups in total. The van der Waals surface area contributed by atoms with Crippen molar-refractivity contribution in [2.75, 3.05) is 7.11 Å². The molecule has 0 aliphatic rings. The summed E-state index contributed by atoms with van der Waals surface area (Å²) >= 11 is 0. The summed E-state index contributed by atoms with van der Waals surface area (Å²) in [5.41, 5.74) is 2.42. The summed E-state index contributed by atoms with van der Waals surface area (Å²) in [5.74, 6) is 0.892. The molecule has 0 aliphatic carbocycles. The van der Waals surface area contributed by atoms with Crippen molar-refractivity contribution in [3.63, 3.8) is 0 Å². The number of methoxy groups -OCH3 is 1. The minimum atomic E-state index is -1.31. The molecule has 1 aromatic rings. The van der Waals surface area contributed by atoms with Gasteiger partial charge < -0.3 is 4.74 Å². The summed E-state index contributed by atoms with van der Waals surface area (Å²) < 4.78 is 5.14. The van der Waals surface area contributed by atoms with Gasteiger partial charge in [0.1, 0.15) is 5.75 Å². The lowest BCUT2D eigenvalue weighted by Crippen LogP contribution is -2.24. The fraction of sp³-hybridized carbons (Fsp3) is 0.333. The van der Waals surface area contributed by atoms with Gasteiger partial charge in [0.05, 0.1) is 15.2 Å². The fourth-order valence-corrected chi connectivity index (χ4v) is 2.78. The lowest BCUT2D eigenvalue weighted by Gasteiger charge is -2.21. The van der Waals surface area contributed by atoms with Gasteiger partial charge in [0, 0.05) is 0 Å². The van der Waals surface area contributed by atoms with Crippen molar-refractivity contribution in [2.24, 2.45) is 0 Å². The van der Waals surface area contributed by atoms with Gasteiger partial charge in [0.25, 0.3) is 0 Å². The zero-order chi connectivity index (χ0) is 13.1.